The summed E-state index contributed by atoms with van der Waals surface area (Å²) in [7, 11) is 1.65. The van der Waals surface area contributed by atoms with Gasteiger partial charge in [0.15, 0.2) is 5.82 Å². The Morgan fingerprint density at radius 3 is 2.86 bits per heavy atom. The second-order valence-electron chi connectivity index (χ2n) is 5.07. The van der Waals surface area contributed by atoms with Crippen molar-refractivity contribution in [3.05, 3.63) is 30.0 Å². The van der Waals surface area contributed by atoms with E-state index >= 15 is 0 Å². The van der Waals surface area contributed by atoms with Gasteiger partial charge in [0.1, 0.15) is 5.75 Å². The van der Waals surface area contributed by atoms with Gasteiger partial charge < -0.3 is 19.7 Å². The molecular formula is C15H19N5O2. The molecule has 7 heteroatoms. The second-order valence-corrected chi connectivity index (χ2v) is 5.07. The Kier molecular flexibility index (Phi) is 4.34. The molecule has 0 saturated carbocycles. The number of ether oxygens (including phenoxy) is 2. The minimum absolute atomic E-state index is 0.611. The standard InChI is InChI=1S/C15H19N5O2/c1-11-3-4-13(21-2)12(9-11)17-14-10-16-19-15(18-14)20-5-7-22-8-6-20/h3-4,9-10H,5-8H2,1-2H3,(H,17,18,19). The zero-order valence-corrected chi connectivity index (χ0v) is 12.7. The van der Waals surface area contributed by atoms with Crippen molar-refractivity contribution in [2.24, 2.45) is 0 Å². The maximum absolute atomic E-state index is 5.37. The van der Waals surface area contributed by atoms with Crippen LogP contribution in [0.4, 0.5) is 17.5 Å². The summed E-state index contributed by atoms with van der Waals surface area (Å²) in [4.78, 5) is 6.59. The van der Waals surface area contributed by atoms with Crippen LogP contribution in [0.2, 0.25) is 0 Å². The summed E-state index contributed by atoms with van der Waals surface area (Å²) < 4.78 is 10.7. The van der Waals surface area contributed by atoms with E-state index in [0.29, 0.717) is 25.0 Å². The molecule has 0 unspecified atom stereocenters. The topological polar surface area (TPSA) is 72.4 Å². The molecule has 7 nitrogen and oxygen atoms in total. The number of anilines is 3. The van der Waals surface area contributed by atoms with Crippen LogP contribution in [0, 0.1) is 6.92 Å². The summed E-state index contributed by atoms with van der Waals surface area (Å²) in [6.45, 7) is 4.96. The van der Waals surface area contributed by atoms with Crippen LogP contribution in [0.3, 0.4) is 0 Å². The maximum atomic E-state index is 5.37. The average molecular weight is 301 g/mol. The van der Waals surface area contributed by atoms with Crippen molar-refractivity contribution in [1.82, 2.24) is 15.2 Å². The van der Waals surface area contributed by atoms with Gasteiger partial charge in [-0.3, -0.25) is 0 Å². The minimum Gasteiger partial charge on any atom is -0.495 e. The molecule has 0 aliphatic carbocycles. The Balaban J connectivity index is 1.82. The van der Waals surface area contributed by atoms with Gasteiger partial charge in [-0.1, -0.05) is 6.07 Å². The van der Waals surface area contributed by atoms with Gasteiger partial charge >= 0.3 is 0 Å². The molecule has 0 bridgehead atoms. The predicted octanol–water partition coefficient (Wildman–Crippen LogP) is 1.77. The van der Waals surface area contributed by atoms with Crippen molar-refractivity contribution < 1.29 is 9.47 Å². The third-order valence-corrected chi connectivity index (χ3v) is 3.46. The fraction of sp³-hybridized carbons (Fsp3) is 0.400. The third kappa shape index (κ3) is 3.25. The first kappa shape index (κ1) is 14.5. The summed E-state index contributed by atoms with van der Waals surface area (Å²) in [6, 6.07) is 5.94. The lowest BCUT2D eigenvalue weighted by atomic mass is 10.2. The Bertz CT molecular complexity index is 644. The Hall–Kier alpha value is -2.41. The fourth-order valence-electron chi connectivity index (χ4n) is 2.31. The lowest BCUT2D eigenvalue weighted by Gasteiger charge is -2.26. The number of hydrogen-bond donors (Lipinski definition) is 1. The Labute approximate surface area is 129 Å². The first-order valence-electron chi connectivity index (χ1n) is 7.20. The number of morpholine rings is 1. The summed E-state index contributed by atoms with van der Waals surface area (Å²) >= 11 is 0. The van der Waals surface area contributed by atoms with Gasteiger partial charge in [-0.2, -0.15) is 10.1 Å². The van der Waals surface area contributed by atoms with Gasteiger partial charge in [0.25, 0.3) is 0 Å². The summed E-state index contributed by atoms with van der Waals surface area (Å²) in [6.07, 6.45) is 1.60. The molecule has 1 N–H and O–H groups in total. The number of nitrogens with one attached hydrogen (secondary N) is 1. The molecular weight excluding hydrogens is 282 g/mol. The highest BCUT2D eigenvalue weighted by atomic mass is 16.5. The van der Waals surface area contributed by atoms with Gasteiger partial charge in [-0.15, -0.1) is 5.10 Å². The first-order valence-corrected chi connectivity index (χ1v) is 7.20. The van der Waals surface area contributed by atoms with Gasteiger partial charge in [0, 0.05) is 13.1 Å². The van der Waals surface area contributed by atoms with E-state index in [2.05, 4.69) is 25.4 Å². The largest absolute Gasteiger partial charge is 0.495 e. The maximum Gasteiger partial charge on any atom is 0.247 e. The van der Waals surface area contributed by atoms with Crippen LogP contribution in [-0.2, 0) is 4.74 Å². The lowest BCUT2D eigenvalue weighted by Crippen LogP contribution is -2.37. The van der Waals surface area contributed by atoms with Crippen molar-refractivity contribution >= 4 is 17.5 Å². The number of hydrogen-bond acceptors (Lipinski definition) is 7. The van der Waals surface area contributed by atoms with Crippen molar-refractivity contribution in [1.29, 1.82) is 0 Å². The van der Waals surface area contributed by atoms with Crippen LogP contribution in [-0.4, -0.2) is 48.6 Å². The van der Waals surface area contributed by atoms with E-state index in [0.717, 1.165) is 30.1 Å². The number of aryl methyl sites for hydroxylation is 1. The summed E-state index contributed by atoms with van der Waals surface area (Å²) in [5.41, 5.74) is 2.00. The average Bonchev–Trinajstić information content (AvgIpc) is 2.56. The van der Waals surface area contributed by atoms with E-state index in [1.165, 1.54) is 0 Å². The van der Waals surface area contributed by atoms with Crippen LogP contribution in [0.5, 0.6) is 5.75 Å². The van der Waals surface area contributed by atoms with E-state index in [9.17, 15) is 0 Å². The molecule has 1 fully saturated rings. The first-order chi connectivity index (χ1) is 10.8. The fourth-order valence-corrected chi connectivity index (χ4v) is 2.31. The number of aromatic nitrogens is 3. The normalized spacial score (nSPS) is 14.7. The summed E-state index contributed by atoms with van der Waals surface area (Å²) in [5.74, 6) is 2.01. The molecule has 2 aromatic rings. The molecule has 1 aromatic heterocycles. The molecule has 0 radical (unpaired) electrons. The summed E-state index contributed by atoms with van der Waals surface area (Å²) in [5, 5.41) is 11.4. The van der Waals surface area contributed by atoms with E-state index in [1.54, 1.807) is 13.3 Å². The van der Waals surface area contributed by atoms with Crippen molar-refractivity contribution in [3.8, 4) is 5.75 Å². The highest BCUT2D eigenvalue weighted by Gasteiger charge is 2.15. The van der Waals surface area contributed by atoms with Gasteiger partial charge in [0.05, 0.1) is 32.2 Å². The van der Waals surface area contributed by atoms with E-state index in [1.807, 2.05) is 25.1 Å². The van der Waals surface area contributed by atoms with Gasteiger partial charge in [-0.05, 0) is 24.6 Å². The quantitative estimate of drug-likeness (QED) is 0.922. The molecule has 116 valence electrons. The molecule has 3 rings (SSSR count). The zero-order valence-electron chi connectivity index (χ0n) is 12.7. The van der Waals surface area contributed by atoms with E-state index in [4.69, 9.17) is 9.47 Å². The number of nitrogens with zero attached hydrogens (tertiary/aromatic N) is 4. The molecule has 1 saturated heterocycles. The van der Waals surface area contributed by atoms with Gasteiger partial charge in [-0.25, -0.2) is 0 Å². The number of benzene rings is 1. The smallest absolute Gasteiger partial charge is 0.247 e. The highest BCUT2D eigenvalue weighted by Crippen LogP contribution is 2.28. The predicted molar refractivity (Wildman–Crippen MR) is 83.9 cm³/mol. The Morgan fingerprint density at radius 1 is 1.27 bits per heavy atom. The molecule has 0 amide bonds. The van der Waals surface area contributed by atoms with Crippen LogP contribution in [0.1, 0.15) is 5.56 Å². The monoisotopic (exact) mass is 301 g/mol. The van der Waals surface area contributed by atoms with Crippen LogP contribution < -0.4 is 15.0 Å². The van der Waals surface area contributed by atoms with Crippen molar-refractivity contribution in [2.75, 3.05) is 43.6 Å². The second kappa shape index (κ2) is 6.57. The molecule has 0 atom stereocenters. The molecule has 1 aliphatic heterocycles. The van der Waals surface area contributed by atoms with Crippen LogP contribution in [0.25, 0.3) is 0 Å². The van der Waals surface area contributed by atoms with Gasteiger partial charge in [0.2, 0.25) is 5.95 Å². The van der Waals surface area contributed by atoms with Crippen molar-refractivity contribution in [2.45, 2.75) is 6.92 Å². The van der Waals surface area contributed by atoms with Crippen molar-refractivity contribution in [3.63, 3.8) is 0 Å². The molecule has 22 heavy (non-hydrogen) atoms. The number of rotatable bonds is 4. The van der Waals surface area contributed by atoms with Crippen LogP contribution in [0.15, 0.2) is 24.4 Å². The van der Waals surface area contributed by atoms with E-state index in [-0.39, 0.29) is 0 Å². The molecule has 1 aliphatic rings. The molecule has 2 heterocycles. The zero-order chi connectivity index (χ0) is 15.4. The lowest BCUT2D eigenvalue weighted by molar-refractivity contribution is 0.122. The highest BCUT2D eigenvalue weighted by molar-refractivity contribution is 5.65. The van der Waals surface area contributed by atoms with Crippen LogP contribution >= 0.6 is 0 Å². The Morgan fingerprint density at radius 2 is 2.09 bits per heavy atom. The molecule has 1 aromatic carbocycles. The molecule has 0 spiro atoms. The third-order valence-electron chi connectivity index (χ3n) is 3.46. The van der Waals surface area contributed by atoms with E-state index < -0.39 is 0 Å². The minimum atomic E-state index is 0.611. The number of methoxy groups -OCH3 is 1. The SMILES string of the molecule is COc1ccc(C)cc1Nc1cnnc(N2CCOCC2)n1.